The number of rotatable bonds is 5. The van der Waals surface area contributed by atoms with Crippen molar-refractivity contribution < 1.29 is 19.4 Å². The molecule has 0 aromatic carbocycles. The van der Waals surface area contributed by atoms with Gasteiger partial charge in [-0.15, -0.1) is 0 Å². The number of carbonyl (C=O) groups is 2. The monoisotopic (exact) mass is 284 g/mol. The number of hydrogen-bond acceptors (Lipinski definition) is 3. The molecule has 1 heterocycles. The molecule has 2 N–H and O–H groups in total. The predicted octanol–water partition coefficient (Wildman–Crippen LogP) is 1.59. The van der Waals surface area contributed by atoms with E-state index in [0.717, 1.165) is 32.1 Å². The second-order valence-corrected chi connectivity index (χ2v) is 5.58. The number of aliphatic carboxylic acids is 1. The zero-order valence-electron chi connectivity index (χ0n) is 12.0. The van der Waals surface area contributed by atoms with Crippen LogP contribution in [0.3, 0.4) is 0 Å². The highest BCUT2D eigenvalue weighted by molar-refractivity contribution is 5.82. The summed E-state index contributed by atoms with van der Waals surface area (Å²) >= 11 is 0. The van der Waals surface area contributed by atoms with Gasteiger partial charge in [0.2, 0.25) is 0 Å². The van der Waals surface area contributed by atoms with Gasteiger partial charge >= 0.3 is 12.0 Å². The van der Waals surface area contributed by atoms with E-state index >= 15 is 0 Å². The molecule has 20 heavy (non-hydrogen) atoms. The van der Waals surface area contributed by atoms with Crippen LogP contribution in [-0.4, -0.2) is 53.3 Å². The maximum atomic E-state index is 12.3. The zero-order chi connectivity index (χ0) is 14.5. The number of ether oxygens (including phenoxy) is 1. The summed E-state index contributed by atoms with van der Waals surface area (Å²) in [7, 11) is 0. The highest BCUT2D eigenvalue weighted by Crippen LogP contribution is 2.29. The van der Waals surface area contributed by atoms with Gasteiger partial charge in [-0.25, -0.2) is 9.59 Å². The fourth-order valence-electron chi connectivity index (χ4n) is 3.08. The van der Waals surface area contributed by atoms with Gasteiger partial charge in [0.25, 0.3) is 0 Å². The van der Waals surface area contributed by atoms with Gasteiger partial charge in [-0.05, 0) is 25.7 Å². The van der Waals surface area contributed by atoms with Gasteiger partial charge in [0.15, 0.2) is 0 Å². The molecule has 1 aliphatic carbocycles. The second kappa shape index (κ2) is 6.92. The molecular weight excluding hydrogens is 260 g/mol. The molecule has 6 heteroatoms. The highest BCUT2D eigenvalue weighted by Gasteiger charge is 2.39. The largest absolute Gasteiger partial charge is 0.480 e. The fraction of sp³-hybridized carbons (Fsp3) is 0.857. The Kier molecular flexibility index (Phi) is 5.23. The lowest BCUT2D eigenvalue weighted by Gasteiger charge is -2.38. The molecule has 0 radical (unpaired) electrons. The van der Waals surface area contributed by atoms with E-state index in [2.05, 4.69) is 5.32 Å². The van der Waals surface area contributed by atoms with Crippen LogP contribution < -0.4 is 5.32 Å². The van der Waals surface area contributed by atoms with E-state index in [1.54, 1.807) is 4.90 Å². The lowest BCUT2D eigenvalue weighted by atomic mass is 10.1. The second-order valence-electron chi connectivity index (χ2n) is 5.58. The summed E-state index contributed by atoms with van der Waals surface area (Å²) in [4.78, 5) is 25.3. The smallest absolute Gasteiger partial charge is 0.326 e. The maximum Gasteiger partial charge on any atom is 0.326 e. The summed E-state index contributed by atoms with van der Waals surface area (Å²) in [5.41, 5.74) is 0. The molecule has 3 unspecified atom stereocenters. The van der Waals surface area contributed by atoms with Crippen molar-refractivity contribution >= 4 is 12.0 Å². The third-order valence-electron chi connectivity index (χ3n) is 4.19. The molecule has 0 bridgehead atoms. The Bertz CT molecular complexity index is 361. The van der Waals surface area contributed by atoms with Gasteiger partial charge in [0.1, 0.15) is 6.04 Å². The summed E-state index contributed by atoms with van der Waals surface area (Å²) < 4.78 is 5.66. The third kappa shape index (κ3) is 3.42. The molecular formula is C14H24N2O4. The Hall–Kier alpha value is -1.30. The number of unbranched alkanes of at least 4 members (excludes halogenated alkanes) is 1. The molecule has 2 rings (SSSR count). The van der Waals surface area contributed by atoms with Crippen LogP contribution in [0.1, 0.15) is 45.4 Å². The quantitative estimate of drug-likeness (QED) is 0.803. The number of carboxylic acid groups (broad SMARTS) is 1. The van der Waals surface area contributed by atoms with Crippen LogP contribution in [0.2, 0.25) is 0 Å². The number of morpholine rings is 1. The molecule has 0 aromatic heterocycles. The van der Waals surface area contributed by atoms with Crippen molar-refractivity contribution in [3.63, 3.8) is 0 Å². The number of urea groups is 1. The molecule has 1 aliphatic heterocycles. The van der Waals surface area contributed by atoms with Crippen LogP contribution in [0.15, 0.2) is 0 Å². The van der Waals surface area contributed by atoms with Crippen molar-refractivity contribution in [3.05, 3.63) is 0 Å². The fourth-order valence-corrected chi connectivity index (χ4v) is 3.08. The van der Waals surface area contributed by atoms with Crippen LogP contribution in [0.5, 0.6) is 0 Å². The van der Waals surface area contributed by atoms with Gasteiger partial charge < -0.3 is 20.1 Å². The number of amides is 2. The summed E-state index contributed by atoms with van der Waals surface area (Å²) in [6.45, 7) is 3.10. The standard InChI is InChI=1S/C14H24N2O4/c1-2-3-5-10(13(17)18)15-14(19)16-8-9-20-12-7-4-6-11(12)16/h10-12H,2-9H2,1H3,(H,15,19)(H,17,18). The van der Waals surface area contributed by atoms with E-state index in [1.165, 1.54) is 0 Å². The molecule has 2 amide bonds. The molecule has 0 spiro atoms. The molecule has 114 valence electrons. The van der Waals surface area contributed by atoms with E-state index in [0.29, 0.717) is 19.6 Å². The van der Waals surface area contributed by atoms with E-state index in [1.807, 2.05) is 6.92 Å². The number of carbonyl (C=O) groups excluding carboxylic acids is 1. The van der Waals surface area contributed by atoms with Crippen molar-refractivity contribution in [2.45, 2.75) is 63.6 Å². The Morgan fingerprint density at radius 1 is 1.45 bits per heavy atom. The topological polar surface area (TPSA) is 78.9 Å². The maximum absolute atomic E-state index is 12.3. The summed E-state index contributed by atoms with van der Waals surface area (Å²) in [6, 6.07) is -0.928. The molecule has 6 nitrogen and oxygen atoms in total. The SMILES string of the molecule is CCCCC(NC(=O)N1CCOC2CCCC21)C(=O)O. The zero-order valence-corrected chi connectivity index (χ0v) is 12.0. The first-order valence-electron chi connectivity index (χ1n) is 7.55. The van der Waals surface area contributed by atoms with Crippen molar-refractivity contribution in [2.24, 2.45) is 0 Å². The van der Waals surface area contributed by atoms with E-state index in [4.69, 9.17) is 4.74 Å². The minimum Gasteiger partial charge on any atom is -0.480 e. The van der Waals surface area contributed by atoms with Gasteiger partial charge in [0.05, 0.1) is 18.8 Å². The van der Waals surface area contributed by atoms with Crippen molar-refractivity contribution in [1.29, 1.82) is 0 Å². The first kappa shape index (κ1) is 15.1. The normalized spacial score (nSPS) is 26.9. The number of carboxylic acids is 1. The number of fused-ring (bicyclic) bond motifs is 1. The lowest BCUT2D eigenvalue weighted by Crippen LogP contribution is -2.57. The van der Waals surface area contributed by atoms with Crippen molar-refractivity contribution in [1.82, 2.24) is 10.2 Å². The van der Waals surface area contributed by atoms with Crippen LogP contribution in [0, 0.1) is 0 Å². The Morgan fingerprint density at radius 2 is 2.25 bits per heavy atom. The minimum absolute atomic E-state index is 0.115. The molecule has 1 saturated heterocycles. The van der Waals surface area contributed by atoms with E-state index in [9.17, 15) is 14.7 Å². The Labute approximate surface area is 119 Å². The molecule has 1 saturated carbocycles. The first-order chi connectivity index (χ1) is 9.63. The van der Waals surface area contributed by atoms with Crippen LogP contribution >= 0.6 is 0 Å². The first-order valence-corrected chi connectivity index (χ1v) is 7.55. The highest BCUT2D eigenvalue weighted by atomic mass is 16.5. The van der Waals surface area contributed by atoms with Gasteiger partial charge in [-0.1, -0.05) is 19.8 Å². The van der Waals surface area contributed by atoms with Crippen LogP contribution in [0.25, 0.3) is 0 Å². The Morgan fingerprint density at radius 3 is 2.95 bits per heavy atom. The summed E-state index contributed by atoms with van der Waals surface area (Å²) in [5.74, 6) is -0.956. The van der Waals surface area contributed by atoms with Gasteiger partial charge in [0, 0.05) is 6.54 Å². The molecule has 2 fully saturated rings. The lowest BCUT2D eigenvalue weighted by molar-refractivity contribution is -0.139. The van der Waals surface area contributed by atoms with Crippen LogP contribution in [0.4, 0.5) is 4.79 Å². The average molecular weight is 284 g/mol. The third-order valence-corrected chi connectivity index (χ3v) is 4.19. The average Bonchev–Trinajstić information content (AvgIpc) is 2.90. The van der Waals surface area contributed by atoms with E-state index in [-0.39, 0.29) is 18.2 Å². The van der Waals surface area contributed by atoms with Gasteiger partial charge in [-0.2, -0.15) is 0 Å². The minimum atomic E-state index is -0.956. The number of hydrogen-bond donors (Lipinski definition) is 2. The van der Waals surface area contributed by atoms with Crippen molar-refractivity contribution in [3.8, 4) is 0 Å². The number of nitrogens with zero attached hydrogens (tertiary/aromatic N) is 1. The molecule has 0 aromatic rings. The predicted molar refractivity (Wildman–Crippen MR) is 73.6 cm³/mol. The molecule has 2 aliphatic rings. The summed E-state index contributed by atoms with van der Waals surface area (Å²) in [5, 5.41) is 11.8. The summed E-state index contributed by atoms with van der Waals surface area (Å²) in [6.07, 6.45) is 5.34. The van der Waals surface area contributed by atoms with Crippen molar-refractivity contribution in [2.75, 3.05) is 13.2 Å². The number of nitrogens with one attached hydrogen (secondary N) is 1. The van der Waals surface area contributed by atoms with E-state index < -0.39 is 12.0 Å². The molecule has 3 atom stereocenters. The Balaban J connectivity index is 1.93. The van der Waals surface area contributed by atoms with Gasteiger partial charge in [-0.3, -0.25) is 0 Å². The van der Waals surface area contributed by atoms with Crippen LogP contribution in [-0.2, 0) is 9.53 Å².